The van der Waals surface area contributed by atoms with Gasteiger partial charge in [0.25, 0.3) is 0 Å². The predicted octanol–water partition coefficient (Wildman–Crippen LogP) is -0.159. The third kappa shape index (κ3) is 3.34. The molecule has 0 heterocycles. The molecule has 3 heteroatoms. The lowest BCUT2D eigenvalue weighted by molar-refractivity contribution is 0.607. The second-order valence-electron chi connectivity index (χ2n) is 1.49. The standard InChI is InChI=1S/C4H9BN2/c1-5-7(2)4-3-6/h5H,4H2,1-2H3. The highest BCUT2D eigenvalue weighted by molar-refractivity contribution is 6.29. The Morgan fingerprint density at radius 1 is 1.86 bits per heavy atom. The first-order valence-corrected chi connectivity index (χ1v) is 2.36. The van der Waals surface area contributed by atoms with E-state index in [9.17, 15) is 0 Å². The maximum absolute atomic E-state index is 8.08. The van der Waals surface area contributed by atoms with E-state index in [1.54, 1.807) is 0 Å². The van der Waals surface area contributed by atoms with Crippen LogP contribution in [0.5, 0.6) is 0 Å². The van der Waals surface area contributed by atoms with Gasteiger partial charge in [-0.05, 0) is 7.05 Å². The van der Waals surface area contributed by atoms with Crippen molar-refractivity contribution in [2.75, 3.05) is 13.6 Å². The van der Waals surface area contributed by atoms with Crippen LogP contribution in [-0.2, 0) is 0 Å². The van der Waals surface area contributed by atoms with Crippen LogP contribution >= 0.6 is 0 Å². The molecule has 0 aromatic rings. The van der Waals surface area contributed by atoms with Gasteiger partial charge in [-0.2, -0.15) is 5.26 Å². The third-order valence-corrected chi connectivity index (χ3v) is 0.880. The van der Waals surface area contributed by atoms with E-state index in [1.807, 2.05) is 24.8 Å². The lowest BCUT2D eigenvalue weighted by Gasteiger charge is -2.04. The molecule has 0 saturated heterocycles. The minimum atomic E-state index is 0.538. The number of rotatable bonds is 2. The largest absolute Gasteiger partial charge is 0.337 e. The van der Waals surface area contributed by atoms with Gasteiger partial charge in [0.15, 0.2) is 0 Å². The Morgan fingerprint density at radius 3 is 2.57 bits per heavy atom. The maximum Gasteiger partial charge on any atom is 0.201 e. The molecule has 0 amide bonds. The summed E-state index contributed by atoms with van der Waals surface area (Å²) < 4.78 is 0. The Kier molecular flexibility index (Phi) is 3.44. The summed E-state index contributed by atoms with van der Waals surface area (Å²) >= 11 is 0. The summed E-state index contributed by atoms with van der Waals surface area (Å²) in [4.78, 5) is 1.94. The molecule has 0 radical (unpaired) electrons. The van der Waals surface area contributed by atoms with Crippen LogP contribution in [-0.4, -0.2) is 25.8 Å². The summed E-state index contributed by atoms with van der Waals surface area (Å²) in [6.07, 6.45) is 0. The van der Waals surface area contributed by atoms with Crippen molar-refractivity contribution in [1.82, 2.24) is 4.81 Å². The third-order valence-electron chi connectivity index (χ3n) is 0.880. The Bertz CT molecular complexity index is 76.2. The lowest BCUT2D eigenvalue weighted by Crippen LogP contribution is -2.20. The summed E-state index contributed by atoms with van der Waals surface area (Å²) in [6.45, 7) is 2.56. The molecule has 0 N–H and O–H groups in total. The number of hydrogen-bond donors (Lipinski definition) is 0. The van der Waals surface area contributed by atoms with E-state index < -0.39 is 0 Å². The Hall–Kier alpha value is -0.485. The zero-order chi connectivity index (χ0) is 5.70. The Balaban J connectivity index is 3.03. The number of nitrogens with zero attached hydrogens (tertiary/aromatic N) is 2. The number of hydrogen-bond acceptors (Lipinski definition) is 2. The molecule has 0 aromatic heterocycles. The fraction of sp³-hybridized carbons (Fsp3) is 0.750. The van der Waals surface area contributed by atoms with Gasteiger partial charge in [0.2, 0.25) is 7.41 Å². The molecule has 38 valence electrons. The van der Waals surface area contributed by atoms with Gasteiger partial charge < -0.3 is 4.81 Å². The minimum Gasteiger partial charge on any atom is -0.337 e. The number of nitriles is 1. The second kappa shape index (κ2) is 3.70. The van der Waals surface area contributed by atoms with E-state index in [2.05, 4.69) is 0 Å². The van der Waals surface area contributed by atoms with Gasteiger partial charge in [0.1, 0.15) is 0 Å². The van der Waals surface area contributed by atoms with Crippen LogP contribution in [0.2, 0.25) is 6.82 Å². The van der Waals surface area contributed by atoms with Crippen molar-refractivity contribution in [1.29, 1.82) is 5.26 Å². The van der Waals surface area contributed by atoms with E-state index in [0.717, 1.165) is 7.41 Å². The van der Waals surface area contributed by atoms with Crippen LogP contribution in [0, 0.1) is 11.3 Å². The van der Waals surface area contributed by atoms with Crippen LogP contribution in [0.3, 0.4) is 0 Å². The smallest absolute Gasteiger partial charge is 0.201 e. The molecule has 2 nitrogen and oxygen atoms in total. The van der Waals surface area contributed by atoms with E-state index in [-0.39, 0.29) is 0 Å². The first kappa shape index (κ1) is 6.51. The predicted molar refractivity (Wildman–Crippen MR) is 31.3 cm³/mol. The van der Waals surface area contributed by atoms with Crippen LogP contribution < -0.4 is 0 Å². The molecule has 7 heavy (non-hydrogen) atoms. The van der Waals surface area contributed by atoms with Crippen molar-refractivity contribution in [3.63, 3.8) is 0 Å². The van der Waals surface area contributed by atoms with Gasteiger partial charge in [-0.1, -0.05) is 6.82 Å². The highest BCUT2D eigenvalue weighted by Gasteiger charge is 1.88. The summed E-state index contributed by atoms with van der Waals surface area (Å²) in [5, 5.41) is 8.08. The lowest BCUT2D eigenvalue weighted by atomic mass is 9.97. The Labute approximate surface area is 45.0 Å². The van der Waals surface area contributed by atoms with Gasteiger partial charge >= 0.3 is 0 Å². The molecule has 0 aliphatic heterocycles. The normalized spacial score (nSPS) is 8.29. The van der Waals surface area contributed by atoms with Crippen molar-refractivity contribution in [2.24, 2.45) is 0 Å². The molecule has 0 fully saturated rings. The van der Waals surface area contributed by atoms with Crippen molar-refractivity contribution < 1.29 is 0 Å². The molecular formula is C4H9BN2. The highest BCUT2D eigenvalue weighted by Crippen LogP contribution is 1.71. The first-order valence-electron chi connectivity index (χ1n) is 2.36. The molecule has 0 spiro atoms. The molecule has 0 bridgehead atoms. The van der Waals surface area contributed by atoms with E-state index in [1.165, 1.54) is 0 Å². The molecule has 0 aromatic carbocycles. The zero-order valence-electron chi connectivity index (χ0n) is 4.81. The van der Waals surface area contributed by atoms with Crippen LogP contribution in [0.15, 0.2) is 0 Å². The van der Waals surface area contributed by atoms with Crippen LogP contribution in [0.25, 0.3) is 0 Å². The van der Waals surface area contributed by atoms with Crippen molar-refractivity contribution in [3.8, 4) is 6.07 Å². The summed E-state index contributed by atoms with van der Waals surface area (Å²) in [7, 11) is 2.87. The fourth-order valence-electron chi connectivity index (χ4n) is 0.233. The van der Waals surface area contributed by atoms with Crippen molar-refractivity contribution in [2.45, 2.75) is 6.82 Å². The molecule has 0 unspecified atom stereocenters. The highest BCUT2D eigenvalue weighted by atomic mass is 15.0. The quantitative estimate of drug-likeness (QED) is 0.352. The summed E-state index contributed by atoms with van der Waals surface area (Å²) in [6, 6.07) is 2.04. The van der Waals surface area contributed by atoms with Gasteiger partial charge in [-0.3, -0.25) is 0 Å². The molecule has 0 saturated carbocycles. The average molecular weight is 95.9 g/mol. The molecular weight excluding hydrogens is 86.9 g/mol. The minimum absolute atomic E-state index is 0.538. The molecule has 0 rings (SSSR count). The van der Waals surface area contributed by atoms with E-state index in [4.69, 9.17) is 5.26 Å². The molecule has 0 aliphatic carbocycles. The van der Waals surface area contributed by atoms with E-state index >= 15 is 0 Å². The van der Waals surface area contributed by atoms with Crippen LogP contribution in [0.1, 0.15) is 0 Å². The average Bonchev–Trinajstić information content (AvgIpc) is 1.68. The first-order chi connectivity index (χ1) is 3.31. The molecule has 0 atom stereocenters. The van der Waals surface area contributed by atoms with Gasteiger partial charge in [0, 0.05) is 0 Å². The van der Waals surface area contributed by atoms with Gasteiger partial charge in [0.05, 0.1) is 12.6 Å². The van der Waals surface area contributed by atoms with Gasteiger partial charge in [-0.25, -0.2) is 0 Å². The zero-order valence-corrected chi connectivity index (χ0v) is 4.81. The fourth-order valence-corrected chi connectivity index (χ4v) is 0.233. The second-order valence-corrected chi connectivity index (χ2v) is 1.49. The molecule has 0 aliphatic rings. The van der Waals surface area contributed by atoms with Crippen molar-refractivity contribution >= 4 is 7.41 Å². The van der Waals surface area contributed by atoms with Crippen LogP contribution in [0.4, 0.5) is 0 Å². The maximum atomic E-state index is 8.08. The SMILES string of the molecule is CBN(C)CC#N. The monoisotopic (exact) mass is 96.1 g/mol. The van der Waals surface area contributed by atoms with Crippen molar-refractivity contribution in [3.05, 3.63) is 0 Å². The topological polar surface area (TPSA) is 27.0 Å². The summed E-state index contributed by atoms with van der Waals surface area (Å²) in [5.41, 5.74) is 0. The van der Waals surface area contributed by atoms with Gasteiger partial charge in [-0.15, -0.1) is 0 Å². The summed E-state index contributed by atoms with van der Waals surface area (Å²) in [5.74, 6) is 0. The van der Waals surface area contributed by atoms with E-state index in [0.29, 0.717) is 6.54 Å². The Morgan fingerprint density at radius 2 is 2.43 bits per heavy atom.